The van der Waals surface area contributed by atoms with E-state index in [0.717, 1.165) is 0 Å². The second-order valence-electron chi connectivity index (χ2n) is 3.15. The zero-order chi connectivity index (χ0) is 14.2. The Balaban J connectivity index is 0. The molecule has 18 heavy (non-hydrogen) atoms. The van der Waals surface area contributed by atoms with Gasteiger partial charge in [-0.2, -0.15) is 0 Å². The maximum absolute atomic E-state index is 8.84. The van der Waals surface area contributed by atoms with Crippen molar-refractivity contribution in [2.45, 2.75) is 13.0 Å². The summed E-state index contributed by atoms with van der Waals surface area (Å²) >= 11 is 0. The first-order valence-corrected chi connectivity index (χ1v) is 6.75. The molecule has 8 nitrogen and oxygen atoms in total. The molecule has 0 aliphatic heterocycles. The van der Waals surface area contributed by atoms with Gasteiger partial charge in [-0.25, -0.2) is 0 Å². The number of hydrogen-bond donors (Lipinski definition) is 4. The lowest BCUT2D eigenvalue weighted by molar-refractivity contribution is -0.00922. The van der Waals surface area contributed by atoms with Crippen LogP contribution in [-0.4, -0.2) is 72.4 Å². The smallest absolute Gasteiger partial charge is 0.314 e. The molecule has 9 heteroatoms. The highest BCUT2D eigenvalue weighted by atomic mass is 31.1. The van der Waals surface area contributed by atoms with E-state index in [9.17, 15) is 0 Å². The second kappa shape index (κ2) is 16.9. The highest BCUT2D eigenvalue weighted by Gasteiger charge is 1.94. The van der Waals surface area contributed by atoms with Crippen LogP contribution in [0.1, 0.15) is 6.92 Å². The fraction of sp³-hybridized carbons (Fsp3) is 1.00. The molecule has 0 aromatic heterocycles. The molecule has 0 aromatic rings. The Morgan fingerprint density at radius 3 is 1.78 bits per heavy atom. The lowest BCUT2D eigenvalue weighted by atomic mass is 10.4. The van der Waals surface area contributed by atoms with Crippen molar-refractivity contribution >= 4 is 8.25 Å². The van der Waals surface area contributed by atoms with Crippen molar-refractivity contribution in [3.8, 4) is 0 Å². The molecule has 4 N–H and O–H groups in total. The van der Waals surface area contributed by atoms with E-state index in [2.05, 4.69) is 0 Å². The predicted molar refractivity (Wildman–Crippen MR) is 64.7 cm³/mol. The Labute approximate surface area is 107 Å². The summed E-state index contributed by atoms with van der Waals surface area (Å²) in [6.07, 6.45) is -0.428. The molecule has 0 fully saturated rings. The van der Waals surface area contributed by atoms with Crippen LogP contribution in [0, 0.1) is 0 Å². The van der Waals surface area contributed by atoms with E-state index in [1.807, 2.05) is 0 Å². The van der Waals surface area contributed by atoms with Crippen molar-refractivity contribution in [2.75, 3.05) is 46.2 Å². The van der Waals surface area contributed by atoms with Gasteiger partial charge in [0.15, 0.2) is 0 Å². The fourth-order valence-electron chi connectivity index (χ4n) is 0.758. The molecule has 0 saturated heterocycles. The SMILES string of the molecule is CC(O)COCCOCCOCCO.O=[PH](O)O. The summed E-state index contributed by atoms with van der Waals surface area (Å²) in [5, 5.41) is 17.2. The summed E-state index contributed by atoms with van der Waals surface area (Å²) in [7, 11) is -3.13. The van der Waals surface area contributed by atoms with E-state index in [1.54, 1.807) is 6.92 Å². The van der Waals surface area contributed by atoms with E-state index in [1.165, 1.54) is 0 Å². The molecule has 0 spiro atoms. The third-order valence-electron chi connectivity index (χ3n) is 1.34. The summed E-state index contributed by atoms with van der Waals surface area (Å²) in [6.45, 7) is 4.35. The van der Waals surface area contributed by atoms with Gasteiger partial charge in [-0.3, -0.25) is 4.57 Å². The lowest BCUT2D eigenvalue weighted by Crippen LogP contribution is -2.15. The Bertz CT molecular complexity index is 174. The Morgan fingerprint density at radius 2 is 1.39 bits per heavy atom. The van der Waals surface area contributed by atoms with Gasteiger partial charge in [0, 0.05) is 0 Å². The molecule has 0 aliphatic carbocycles. The second-order valence-corrected chi connectivity index (χ2v) is 3.72. The summed E-state index contributed by atoms with van der Waals surface area (Å²) < 4.78 is 23.9. The summed E-state index contributed by atoms with van der Waals surface area (Å²) in [5.41, 5.74) is 0. The van der Waals surface area contributed by atoms with Crippen LogP contribution < -0.4 is 0 Å². The van der Waals surface area contributed by atoms with Crippen LogP contribution in [0.25, 0.3) is 0 Å². The highest BCUT2D eigenvalue weighted by Crippen LogP contribution is 1.98. The van der Waals surface area contributed by atoms with Crippen molar-refractivity contribution < 1.29 is 38.8 Å². The molecule has 0 heterocycles. The van der Waals surface area contributed by atoms with Gasteiger partial charge in [0.25, 0.3) is 0 Å². The first kappa shape index (κ1) is 20.3. The molecule has 0 bridgehead atoms. The summed E-state index contributed by atoms with van der Waals surface area (Å²) in [4.78, 5) is 14.3. The van der Waals surface area contributed by atoms with Crippen LogP contribution in [0.4, 0.5) is 0 Å². The minimum atomic E-state index is -3.13. The zero-order valence-electron chi connectivity index (χ0n) is 10.4. The molecular weight excluding hydrogens is 267 g/mol. The van der Waals surface area contributed by atoms with E-state index < -0.39 is 14.4 Å². The molecular formula is C9H23O8P. The fourth-order valence-corrected chi connectivity index (χ4v) is 0.758. The summed E-state index contributed by atoms with van der Waals surface area (Å²) in [6, 6.07) is 0. The quantitative estimate of drug-likeness (QED) is 0.291. The van der Waals surface area contributed by atoms with Crippen molar-refractivity contribution in [2.24, 2.45) is 0 Å². The average molecular weight is 290 g/mol. The summed E-state index contributed by atoms with van der Waals surface area (Å²) in [5.74, 6) is 0. The van der Waals surface area contributed by atoms with Crippen molar-refractivity contribution in [1.29, 1.82) is 0 Å². The molecule has 0 aliphatic rings. The van der Waals surface area contributed by atoms with Gasteiger partial charge >= 0.3 is 8.25 Å². The highest BCUT2D eigenvalue weighted by molar-refractivity contribution is 7.30. The van der Waals surface area contributed by atoms with Crippen molar-refractivity contribution in [3.63, 3.8) is 0 Å². The Kier molecular flexibility index (Phi) is 19.1. The number of rotatable bonds is 10. The van der Waals surface area contributed by atoms with Gasteiger partial charge < -0.3 is 34.2 Å². The number of ether oxygens (including phenoxy) is 3. The normalized spacial score (nSPS) is 12.1. The standard InChI is InChI=1S/C9H20O5.H3O3P/c1-9(11)8-14-7-6-13-5-4-12-3-2-10;1-4(2)3/h9-11H,2-8H2,1H3;4H,(H2,1,2,3). The van der Waals surface area contributed by atoms with Crippen LogP contribution in [0.15, 0.2) is 0 Å². The minimum Gasteiger partial charge on any atom is -0.394 e. The van der Waals surface area contributed by atoms with Crippen LogP contribution in [0.3, 0.4) is 0 Å². The third kappa shape index (κ3) is 29.7. The van der Waals surface area contributed by atoms with Crippen LogP contribution in [0.2, 0.25) is 0 Å². The molecule has 1 atom stereocenters. The van der Waals surface area contributed by atoms with Gasteiger partial charge in [-0.05, 0) is 6.92 Å². The monoisotopic (exact) mass is 290 g/mol. The molecule has 0 amide bonds. The number of hydrogen-bond acceptors (Lipinski definition) is 6. The largest absolute Gasteiger partial charge is 0.394 e. The molecule has 112 valence electrons. The van der Waals surface area contributed by atoms with E-state index in [-0.39, 0.29) is 6.61 Å². The average Bonchev–Trinajstić information content (AvgIpc) is 2.26. The first-order chi connectivity index (χ1) is 8.50. The van der Waals surface area contributed by atoms with E-state index in [0.29, 0.717) is 39.6 Å². The Hall–Kier alpha value is -0.0500. The minimum absolute atomic E-state index is 0.0392. The molecule has 0 saturated carbocycles. The van der Waals surface area contributed by atoms with Gasteiger partial charge in [0.05, 0.1) is 52.4 Å². The van der Waals surface area contributed by atoms with Crippen molar-refractivity contribution in [3.05, 3.63) is 0 Å². The van der Waals surface area contributed by atoms with Gasteiger partial charge in [0.1, 0.15) is 0 Å². The van der Waals surface area contributed by atoms with Gasteiger partial charge in [-0.1, -0.05) is 0 Å². The number of aliphatic hydroxyl groups is 2. The molecule has 0 rings (SSSR count). The first-order valence-electron chi connectivity index (χ1n) is 5.44. The zero-order valence-corrected chi connectivity index (χ0v) is 11.4. The Morgan fingerprint density at radius 1 is 1.00 bits per heavy atom. The van der Waals surface area contributed by atoms with Gasteiger partial charge in [-0.15, -0.1) is 0 Å². The topological polar surface area (TPSA) is 126 Å². The molecule has 0 aromatic carbocycles. The predicted octanol–water partition coefficient (Wildman–Crippen LogP) is -1.23. The van der Waals surface area contributed by atoms with E-state index >= 15 is 0 Å². The van der Waals surface area contributed by atoms with Crippen LogP contribution in [-0.2, 0) is 18.8 Å². The maximum Gasteiger partial charge on any atom is 0.314 e. The lowest BCUT2D eigenvalue weighted by Gasteiger charge is -2.07. The van der Waals surface area contributed by atoms with Gasteiger partial charge in [0.2, 0.25) is 0 Å². The number of aliphatic hydroxyl groups excluding tert-OH is 2. The molecule has 0 radical (unpaired) electrons. The van der Waals surface area contributed by atoms with E-state index in [4.69, 9.17) is 38.8 Å². The third-order valence-corrected chi connectivity index (χ3v) is 1.34. The van der Waals surface area contributed by atoms with Crippen molar-refractivity contribution in [1.82, 2.24) is 0 Å². The molecule has 1 unspecified atom stereocenters. The maximum atomic E-state index is 8.84. The van der Waals surface area contributed by atoms with Crippen LogP contribution >= 0.6 is 8.25 Å². The van der Waals surface area contributed by atoms with Crippen LogP contribution in [0.5, 0.6) is 0 Å².